The van der Waals surface area contributed by atoms with Gasteiger partial charge in [0.05, 0.1) is 11.8 Å². The molecule has 2 aromatic heterocycles. The Bertz CT molecular complexity index is 575. The van der Waals surface area contributed by atoms with Gasteiger partial charge in [-0.25, -0.2) is 14.6 Å². The molecule has 0 aromatic carbocycles. The molecule has 20 heavy (non-hydrogen) atoms. The lowest BCUT2D eigenvalue weighted by atomic mass is 10.2. The van der Waals surface area contributed by atoms with E-state index in [0.29, 0.717) is 17.4 Å². The van der Waals surface area contributed by atoms with Crippen LogP contribution >= 0.6 is 0 Å². The first-order chi connectivity index (χ1) is 9.56. The summed E-state index contributed by atoms with van der Waals surface area (Å²) >= 11 is 0. The molecule has 2 aromatic rings. The quantitative estimate of drug-likeness (QED) is 0.799. The molecular weight excluding hydrogens is 256 g/mol. The fraction of sp³-hybridized carbons (Fsp3) is 0.385. The van der Waals surface area contributed by atoms with Gasteiger partial charge in [-0.05, 0) is 12.5 Å². The van der Waals surface area contributed by atoms with Crippen molar-refractivity contribution in [2.45, 2.75) is 20.4 Å². The van der Waals surface area contributed by atoms with Gasteiger partial charge in [0.25, 0.3) is 5.91 Å². The first kappa shape index (κ1) is 14.1. The molecule has 0 spiro atoms. The largest absolute Gasteiger partial charge is 0.366 e. The lowest BCUT2D eigenvalue weighted by molar-refractivity contribution is 0.100. The van der Waals surface area contributed by atoms with Crippen molar-refractivity contribution in [1.82, 2.24) is 25.1 Å². The topological polar surface area (TPSA) is 98.7 Å². The maximum atomic E-state index is 11.0. The summed E-state index contributed by atoms with van der Waals surface area (Å²) in [6, 6.07) is 0. The molecule has 0 radical (unpaired) electrons. The van der Waals surface area contributed by atoms with Crippen LogP contribution in [0.5, 0.6) is 0 Å². The second-order valence-corrected chi connectivity index (χ2v) is 4.95. The number of hydrogen-bond donors (Lipinski definition) is 2. The Balaban J connectivity index is 2.01. The summed E-state index contributed by atoms with van der Waals surface area (Å²) in [5, 5.41) is 7.31. The molecule has 1 amide bonds. The fourth-order valence-corrected chi connectivity index (χ4v) is 1.62. The highest BCUT2D eigenvalue weighted by atomic mass is 16.1. The van der Waals surface area contributed by atoms with Crippen molar-refractivity contribution in [3.63, 3.8) is 0 Å². The molecule has 0 fully saturated rings. The Labute approximate surface area is 117 Å². The molecular formula is C13H18N6O. The first-order valence-corrected chi connectivity index (χ1v) is 6.42. The number of carbonyl (C=O) groups is 1. The summed E-state index contributed by atoms with van der Waals surface area (Å²) in [4.78, 5) is 19.4. The number of amides is 1. The predicted molar refractivity (Wildman–Crippen MR) is 74.2 cm³/mol. The van der Waals surface area contributed by atoms with E-state index < -0.39 is 5.91 Å². The maximum absolute atomic E-state index is 11.0. The van der Waals surface area contributed by atoms with Gasteiger partial charge >= 0.3 is 0 Å². The number of aromatic nitrogens is 4. The highest BCUT2D eigenvalue weighted by molar-refractivity contribution is 5.92. The average molecular weight is 274 g/mol. The van der Waals surface area contributed by atoms with Crippen LogP contribution in [-0.2, 0) is 6.54 Å². The van der Waals surface area contributed by atoms with Crippen molar-refractivity contribution in [3.8, 4) is 5.95 Å². The number of hydrogen-bond acceptors (Lipinski definition) is 5. The van der Waals surface area contributed by atoms with Crippen LogP contribution in [0.4, 0.5) is 0 Å². The third-order valence-corrected chi connectivity index (χ3v) is 2.65. The van der Waals surface area contributed by atoms with Gasteiger partial charge < -0.3 is 11.1 Å². The van der Waals surface area contributed by atoms with E-state index in [9.17, 15) is 4.79 Å². The summed E-state index contributed by atoms with van der Waals surface area (Å²) < 4.78 is 1.42. The van der Waals surface area contributed by atoms with E-state index in [1.807, 2.05) is 0 Å². The van der Waals surface area contributed by atoms with Gasteiger partial charge in [-0.3, -0.25) is 4.79 Å². The number of nitrogens with zero attached hydrogens (tertiary/aromatic N) is 4. The second-order valence-electron chi connectivity index (χ2n) is 4.95. The van der Waals surface area contributed by atoms with Crippen molar-refractivity contribution >= 4 is 5.91 Å². The average Bonchev–Trinajstić information content (AvgIpc) is 2.89. The van der Waals surface area contributed by atoms with Crippen molar-refractivity contribution in [2.24, 2.45) is 11.7 Å². The SMILES string of the molecule is CC(C)CNCc1cnc(-n2cc(C(N)=O)cn2)nc1. The van der Waals surface area contributed by atoms with Gasteiger partial charge in [0.15, 0.2) is 0 Å². The Morgan fingerprint density at radius 3 is 2.60 bits per heavy atom. The van der Waals surface area contributed by atoms with Crippen LogP contribution < -0.4 is 11.1 Å². The number of nitrogens with one attached hydrogen (secondary N) is 1. The van der Waals surface area contributed by atoms with Crippen LogP contribution in [0.3, 0.4) is 0 Å². The molecule has 3 N–H and O–H groups in total. The summed E-state index contributed by atoms with van der Waals surface area (Å²) in [5.74, 6) is 0.488. The molecule has 0 bridgehead atoms. The van der Waals surface area contributed by atoms with E-state index >= 15 is 0 Å². The highest BCUT2D eigenvalue weighted by Gasteiger charge is 2.07. The van der Waals surface area contributed by atoms with Crippen LogP contribution in [0.15, 0.2) is 24.8 Å². The molecule has 106 valence electrons. The van der Waals surface area contributed by atoms with Gasteiger partial charge in [0, 0.05) is 30.7 Å². The standard InChI is InChI=1S/C13H18N6O/c1-9(2)3-15-4-10-5-16-13(17-6-10)19-8-11(7-18-19)12(14)20/h5-9,15H,3-4H2,1-2H3,(H2,14,20). The molecule has 0 saturated heterocycles. The van der Waals surface area contributed by atoms with Gasteiger partial charge in [-0.1, -0.05) is 13.8 Å². The van der Waals surface area contributed by atoms with Crippen molar-refractivity contribution in [3.05, 3.63) is 35.9 Å². The van der Waals surface area contributed by atoms with Crippen LogP contribution in [0.25, 0.3) is 5.95 Å². The van der Waals surface area contributed by atoms with Gasteiger partial charge in [0.2, 0.25) is 5.95 Å². The number of primary amides is 1. The zero-order chi connectivity index (χ0) is 14.5. The van der Waals surface area contributed by atoms with E-state index in [-0.39, 0.29) is 0 Å². The predicted octanol–water partition coefficient (Wildman–Crippen LogP) is 0.507. The number of carbonyl (C=O) groups excluding carboxylic acids is 1. The van der Waals surface area contributed by atoms with Gasteiger partial charge in [-0.2, -0.15) is 5.10 Å². The molecule has 0 aliphatic rings. The molecule has 0 aliphatic carbocycles. The zero-order valence-electron chi connectivity index (χ0n) is 11.6. The molecule has 0 saturated carbocycles. The lowest BCUT2D eigenvalue weighted by Gasteiger charge is -2.07. The normalized spacial score (nSPS) is 10.9. The molecule has 7 heteroatoms. The maximum Gasteiger partial charge on any atom is 0.251 e. The highest BCUT2D eigenvalue weighted by Crippen LogP contribution is 2.03. The van der Waals surface area contributed by atoms with Crippen LogP contribution in [0.1, 0.15) is 29.8 Å². The smallest absolute Gasteiger partial charge is 0.251 e. The van der Waals surface area contributed by atoms with Crippen LogP contribution in [-0.4, -0.2) is 32.2 Å². The summed E-state index contributed by atoms with van der Waals surface area (Å²) in [7, 11) is 0. The molecule has 0 aliphatic heterocycles. The Hall–Kier alpha value is -2.28. The number of rotatable bonds is 6. The summed E-state index contributed by atoms with van der Waals surface area (Å²) in [5.41, 5.74) is 6.49. The molecule has 2 rings (SSSR count). The summed E-state index contributed by atoms with van der Waals surface area (Å²) in [6.45, 7) is 5.98. The summed E-state index contributed by atoms with van der Waals surface area (Å²) in [6.07, 6.45) is 6.38. The fourth-order valence-electron chi connectivity index (χ4n) is 1.62. The lowest BCUT2D eigenvalue weighted by Crippen LogP contribution is -2.19. The van der Waals surface area contributed by atoms with E-state index in [1.165, 1.54) is 17.1 Å². The Morgan fingerprint density at radius 1 is 1.35 bits per heavy atom. The van der Waals surface area contributed by atoms with Gasteiger partial charge in [-0.15, -0.1) is 0 Å². The minimum Gasteiger partial charge on any atom is -0.366 e. The minimum atomic E-state index is -0.522. The van der Waals surface area contributed by atoms with Crippen molar-refractivity contribution in [2.75, 3.05) is 6.54 Å². The minimum absolute atomic E-state index is 0.330. The Morgan fingerprint density at radius 2 is 2.05 bits per heavy atom. The third kappa shape index (κ3) is 3.61. The van der Waals surface area contributed by atoms with Crippen LogP contribution in [0, 0.1) is 5.92 Å². The van der Waals surface area contributed by atoms with Crippen LogP contribution in [0.2, 0.25) is 0 Å². The van der Waals surface area contributed by atoms with E-state index in [4.69, 9.17) is 5.73 Å². The van der Waals surface area contributed by atoms with Gasteiger partial charge in [0.1, 0.15) is 0 Å². The molecule has 2 heterocycles. The van der Waals surface area contributed by atoms with Crippen molar-refractivity contribution in [1.29, 1.82) is 0 Å². The molecule has 0 atom stereocenters. The molecule has 0 unspecified atom stereocenters. The third-order valence-electron chi connectivity index (χ3n) is 2.65. The number of nitrogens with two attached hydrogens (primary N) is 1. The first-order valence-electron chi connectivity index (χ1n) is 6.42. The zero-order valence-corrected chi connectivity index (χ0v) is 11.6. The second kappa shape index (κ2) is 6.25. The van der Waals surface area contributed by atoms with E-state index in [2.05, 4.69) is 34.2 Å². The monoisotopic (exact) mass is 274 g/mol. The van der Waals surface area contributed by atoms with E-state index in [1.54, 1.807) is 12.4 Å². The van der Waals surface area contributed by atoms with E-state index in [0.717, 1.165) is 18.7 Å². The van der Waals surface area contributed by atoms with Crippen molar-refractivity contribution < 1.29 is 4.79 Å². The Kier molecular flexibility index (Phi) is 4.41. The molecule has 7 nitrogen and oxygen atoms in total.